The highest BCUT2D eigenvalue weighted by Gasteiger charge is 2.26. The molecule has 0 spiro atoms. The first-order valence-corrected chi connectivity index (χ1v) is 28.1. The number of carbonyl (C=O) groups is 1. The van der Waals surface area contributed by atoms with Gasteiger partial charge in [0.2, 0.25) is 0 Å². The third kappa shape index (κ3) is 55.2. The van der Waals surface area contributed by atoms with Crippen molar-refractivity contribution in [2.45, 2.75) is 174 Å². The summed E-state index contributed by atoms with van der Waals surface area (Å²) >= 11 is 0. The number of rotatable bonds is 47. The molecular formula is C60H99NO7P+. The third-order valence-electron chi connectivity index (χ3n) is 10.4. The number of quaternary nitrogens is 1. The van der Waals surface area contributed by atoms with Gasteiger partial charge < -0.3 is 18.9 Å². The molecule has 2 unspecified atom stereocenters. The summed E-state index contributed by atoms with van der Waals surface area (Å²) in [5.74, 6) is -0.366. The minimum atomic E-state index is -4.31. The molecule has 0 fully saturated rings. The molecule has 390 valence electrons. The maximum absolute atomic E-state index is 12.8. The standard InChI is InChI=1S/C60H98NO7P/c1-6-8-10-12-14-16-18-20-22-24-26-28-29-30-31-32-34-36-38-40-42-44-46-48-50-52-55-65-57-59(58-67-69(63,64)66-56-54-61(3,4)5)68-60(62)53-51-49-47-45-43-41-39-37-35-33-27-25-23-21-19-17-15-13-11-9-7-2/h8-11,14-17,20-23,26-28,30-31,33-34,36-37,39,43,45,59H,6-7,12-13,18-19,24-25,29,32,35,38,40-42,44,46-58H2,1-5H3/p+1/b10-8-,11-9-,16-14-,17-15-,22-20-,23-21-,28-26-,31-30-,33-27-,36-34-,39-37-,45-43-. The number of nitrogens with zero attached hydrogens (tertiary/aromatic N) is 1. The first kappa shape index (κ1) is 65.4. The van der Waals surface area contributed by atoms with Crippen molar-refractivity contribution in [3.8, 4) is 0 Å². The molecule has 0 aromatic heterocycles. The zero-order chi connectivity index (χ0) is 50.5. The average Bonchev–Trinajstić information content (AvgIpc) is 3.31. The zero-order valence-electron chi connectivity index (χ0n) is 44.2. The Morgan fingerprint density at radius 1 is 0.449 bits per heavy atom. The lowest BCUT2D eigenvalue weighted by molar-refractivity contribution is -0.870. The molecule has 0 aliphatic rings. The van der Waals surface area contributed by atoms with Crippen LogP contribution in [-0.2, 0) is 27.9 Å². The molecule has 0 amide bonds. The Kier molecular flexibility index (Phi) is 48.1. The fourth-order valence-electron chi connectivity index (χ4n) is 6.38. The molecule has 1 N–H and O–H groups in total. The molecule has 0 radical (unpaired) electrons. The highest BCUT2D eigenvalue weighted by Crippen LogP contribution is 2.43. The normalized spacial score (nSPS) is 14.7. The molecule has 2 atom stereocenters. The maximum Gasteiger partial charge on any atom is 0.472 e. The van der Waals surface area contributed by atoms with Crippen LogP contribution in [0.25, 0.3) is 0 Å². The second kappa shape index (κ2) is 50.8. The van der Waals surface area contributed by atoms with Crippen molar-refractivity contribution in [2.75, 3.05) is 54.1 Å². The van der Waals surface area contributed by atoms with Gasteiger partial charge in [-0.3, -0.25) is 13.8 Å². The van der Waals surface area contributed by atoms with Gasteiger partial charge in [-0.2, -0.15) is 0 Å². The Bertz CT molecular complexity index is 1600. The van der Waals surface area contributed by atoms with Gasteiger partial charge in [-0.1, -0.05) is 192 Å². The summed E-state index contributed by atoms with van der Waals surface area (Å²) < 4.78 is 35.1. The number of unbranched alkanes of at least 4 members (excludes halogenated alkanes) is 9. The molecule has 0 aliphatic heterocycles. The van der Waals surface area contributed by atoms with Gasteiger partial charge in [-0.15, -0.1) is 0 Å². The first-order valence-electron chi connectivity index (χ1n) is 26.6. The van der Waals surface area contributed by atoms with Crippen LogP contribution in [0.2, 0.25) is 0 Å². The summed E-state index contributed by atoms with van der Waals surface area (Å²) in [5.41, 5.74) is 0. The lowest BCUT2D eigenvalue weighted by atomic mass is 10.1. The van der Waals surface area contributed by atoms with E-state index in [1.54, 1.807) is 0 Å². The van der Waals surface area contributed by atoms with Crippen molar-refractivity contribution in [2.24, 2.45) is 0 Å². The van der Waals surface area contributed by atoms with Crippen LogP contribution in [-0.4, -0.2) is 75.6 Å². The summed E-state index contributed by atoms with van der Waals surface area (Å²) in [6.45, 7) is 5.26. The van der Waals surface area contributed by atoms with Crippen molar-refractivity contribution in [3.05, 3.63) is 146 Å². The molecule has 0 saturated carbocycles. The maximum atomic E-state index is 12.8. The summed E-state index contributed by atoms with van der Waals surface area (Å²) in [5, 5.41) is 0. The number of phosphoric ester groups is 1. The van der Waals surface area contributed by atoms with Crippen LogP contribution in [0.15, 0.2) is 146 Å². The largest absolute Gasteiger partial charge is 0.472 e. The van der Waals surface area contributed by atoms with E-state index < -0.39 is 13.9 Å². The van der Waals surface area contributed by atoms with Crippen LogP contribution in [0.4, 0.5) is 0 Å². The SMILES string of the molecule is CC/C=C\C/C=C\C/C=C\C/C=C\C/C=C\C/C=C\CCCCCCCCCOCC(COP(=O)(O)OCC[N+](C)(C)C)OC(=O)CCCC/C=C\C/C=C\C/C=C\C/C=C\C/C=C\C/C=C\CC. The van der Waals surface area contributed by atoms with E-state index in [1.807, 2.05) is 21.1 Å². The molecule has 69 heavy (non-hydrogen) atoms. The molecule has 0 rings (SSSR count). The summed E-state index contributed by atoms with van der Waals surface area (Å²) in [6.07, 6.45) is 76.2. The molecule has 0 aliphatic carbocycles. The molecular weight excluding hydrogens is 878 g/mol. The summed E-state index contributed by atoms with van der Waals surface area (Å²) in [6, 6.07) is 0. The molecule has 0 heterocycles. The number of carbonyl (C=O) groups excluding carboxylic acids is 1. The molecule has 0 aromatic rings. The molecule has 8 nitrogen and oxygen atoms in total. The Balaban J connectivity index is 4.28. The third-order valence-corrected chi connectivity index (χ3v) is 11.4. The van der Waals surface area contributed by atoms with Gasteiger partial charge in [0.25, 0.3) is 0 Å². The Hall–Kier alpha value is -3.62. The summed E-state index contributed by atoms with van der Waals surface area (Å²) in [4.78, 5) is 23.0. The minimum absolute atomic E-state index is 0.0679. The van der Waals surface area contributed by atoms with Crippen LogP contribution in [0.1, 0.15) is 168 Å². The van der Waals surface area contributed by atoms with E-state index in [4.69, 9.17) is 18.5 Å². The second-order valence-corrected chi connectivity index (χ2v) is 19.6. The van der Waals surface area contributed by atoms with E-state index in [0.29, 0.717) is 24.1 Å². The van der Waals surface area contributed by atoms with E-state index in [1.165, 1.54) is 25.7 Å². The minimum Gasteiger partial charge on any atom is -0.457 e. The highest BCUT2D eigenvalue weighted by molar-refractivity contribution is 7.47. The number of esters is 1. The van der Waals surface area contributed by atoms with Crippen LogP contribution in [0.5, 0.6) is 0 Å². The smallest absolute Gasteiger partial charge is 0.457 e. The van der Waals surface area contributed by atoms with Gasteiger partial charge in [-0.25, -0.2) is 4.57 Å². The van der Waals surface area contributed by atoms with Crippen LogP contribution in [0, 0.1) is 0 Å². The summed E-state index contributed by atoms with van der Waals surface area (Å²) in [7, 11) is 1.60. The second-order valence-electron chi connectivity index (χ2n) is 18.1. The van der Waals surface area contributed by atoms with Crippen molar-refractivity contribution in [1.82, 2.24) is 0 Å². The fraction of sp³-hybridized carbons (Fsp3) is 0.583. The van der Waals surface area contributed by atoms with Crippen molar-refractivity contribution in [3.63, 3.8) is 0 Å². The van der Waals surface area contributed by atoms with E-state index >= 15 is 0 Å². The van der Waals surface area contributed by atoms with E-state index in [0.717, 1.165) is 116 Å². The van der Waals surface area contributed by atoms with E-state index in [9.17, 15) is 14.3 Å². The topological polar surface area (TPSA) is 91.3 Å². The van der Waals surface area contributed by atoms with E-state index in [-0.39, 0.29) is 32.2 Å². The van der Waals surface area contributed by atoms with Gasteiger partial charge in [0.05, 0.1) is 34.4 Å². The van der Waals surface area contributed by atoms with E-state index in [2.05, 4.69) is 160 Å². The Morgan fingerprint density at radius 3 is 1.19 bits per heavy atom. The van der Waals surface area contributed by atoms with Crippen LogP contribution in [0.3, 0.4) is 0 Å². The van der Waals surface area contributed by atoms with Gasteiger partial charge in [0, 0.05) is 13.0 Å². The van der Waals surface area contributed by atoms with Gasteiger partial charge >= 0.3 is 13.8 Å². The predicted molar refractivity (Wildman–Crippen MR) is 297 cm³/mol. The number of ether oxygens (including phenoxy) is 2. The van der Waals surface area contributed by atoms with Crippen molar-refractivity contribution in [1.29, 1.82) is 0 Å². The monoisotopic (exact) mass is 977 g/mol. The highest BCUT2D eigenvalue weighted by atomic mass is 31.2. The van der Waals surface area contributed by atoms with Gasteiger partial charge in [-0.05, 0) is 116 Å². The molecule has 9 heteroatoms. The lowest BCUT2D eigenvalue weighted by Gasteiger charge is -2.24. The first-order chi connectivity index (χ1) is 33.6. The lowest BCUT2D eigenvalue weighted by Crippen LogP contribution is -2.37. The van der Waals surface area contributed by atoms with Crippen LogP contribution < -0.4 is 0 Å². The number of likely N-dealkylation sites (N-methyl/N-ethyl adjacent to an activating group) is 1. The Morgan fingerprint density at radius 2 is 0.797 bits per heavy atom. The number of phosphoric acid groups is 1. The molecule has 0 saturated heterocycles. The van der Waals surface area contributed by atoms with Gasteiger partial charge in [0.15, 0.2) is 0 Å². The fourth-order valence-corrected chi connectivity index (χ4v) is 7.12. The quantitative estimate of drug-likeness (QED) is 0.0214. The Labute approximate surface area is 423 Å². The number of allylic oxidation sites excluding steroid dienone is 24. The van der Waals surface area contributed by atoms with Gasteiger partial charge in [0.1, 0.15) is 19.3 Å². The zero-order valence-corrected chi connectivity index (χ0v) is 45.1. The molecule has 0 bridgehead atoms. The predicted octanol–water partition coefficient (Wildman–Crippen LogP) is 16.8. The van der Waals surface area contributed by atoms with Crippen molar-refractivity contribution < 1.29 is 37.3 Å². The van der Waals surface area contributed by atoms with Crippen molar-refractivity contribution >= 4 is 13.8 Å². The molecule has 0 aromatic carbocycles. The van der Waals surface area contributed by atoms with Crippen LogP contribution >= 0.6 is 7.82 Å². The number of hydrogen-bond acceptors (Lipinski definition) is 6. The average molecular weight is 977 g/mol. The number of hydrogen-bond donors (Lipinski definition) is 1.